The van der Waals surface area contributed by atoms with Crippen LogP contribution in [0.25, 0.3) is 0 Å². The van der Waals surface area contributed by atoms with Gasteiger partial charge in [0.1, 0.15) is 0 Å². The van der Waals surface area contributed by atoms with Gasteiger partial charge < -0.3 is 9.67 Å². The predicted molar refractivity (Wildman–Crippen MR) is 61.5 cm³/mol. The van der Waals surface area contributed by atoms with Crippen LogP contribution in [0.2, 0.25) is 0 Å². The zero-order valence-electron chi connectivity index (χ0n) is 8.96. The Kier molecular flexibility index (Phi) is 2.51. The Hall–Kier alpha value is -2.05. The molecule has 3 nitrogen and oxygen atoms in total. The van der Waals surface area contributed by atoms with Gasteiger partial charge >= 0.3 is 0 Å². The smallest absolute Gasteiger partial charge is 0.209 e. The van der Waals surface area contributed by atoms with Crippen LogP contribution in [-0.2, 0) is 12.6 Å². The van der Waals surface area contributed by atoms with Crippen molar-refractivity contribution in [3.05, 3.63) is 54.1 Å². The number of hydrogen-bond acceptors (Lipinski definition) is 2. The molecule has 16 heavy (non-hydrogen) atoms. The van der Waals surface area contributed by atoms with Crippen molar-refractivity contribution in [2.24, 2.45) is 7.05 Å². The lowest BCUT2D eigenvalue weighted by Crippen LogP contribution is -2.28. The molecule has 0 aliphatic carbocycles. The predicted octanol–water partition coefficient (Wildman–Crippen LogP) is 1.29. The van der Waals surface area contributed by atoms with Gasteiger partial charge in [0.05, 0.1) is 0 Å². The molecule has 1 aromatic carbocycles. The molecule has 0 saturated heterocycles. The number of aromatic nitrogens is 2. The molecule has 2 aromatic rings. The monoisotopic (exact) mass is 212 g/mol. The molecule has 0 fully saturated rings. The summed E-state index contributed by atoms with van der Waals surface area (Å²) >= 11 is 0. The molecule has 0 radical (unpaired) electrons. The molecule has 2 rings (SSSR count). The Balaban J connectivity index is 2.59. The van der Waals surface area contributed by atoms with Gasteiger partial charge in [0.15, 0.2) is 5.82 Å². The SMILES string of the molecule is C#C[C@@](O)(c1ccccc1)c1nccn1C. The Morgan fingerprint density at radius 2 is 2.06 bits per heavy atom. The first-order valence-corrected chi connectivity index (χ1v) is 4.92. The second-order valence-electron chi connectivity index (χ2n) is 3.58. The van der Waals surface area contributed by atoms with E-state index in [0.717, 1.165) is 0 Å². The van der Waals surface area contributed by atoms with Crippen molar-refractivity contribution >= 4 is 0 Å². The number of benzene rings is 1. The number of nitrogens with zero attached hydrogens (tertiary/aromatic N) is 2. The first-order chi connectivity index (χ1) is 7.68. The highest BCUT2D eigenvalue weighted by molar-refractivity contribution is 5.38. The van der Waals surface area contributed by atoms with E-state index in [-0.39, 0.29) is 0 Å². The molecule has 0 spiro atoms. The number of aliphatic hydroxyl groups is 1. The molecule has 1 heterocycles. The number of aryl methyl sites for hydroxylation is 1. The van der Waals surface area contributed by atoms with Crippen molar-refractivity contribution in [3.63, 3.8) is 0 Å². The summed E-state index contributed by atoms with van der Waals surface area (Å²) in [5, 5.41) is 10.5. The third kappa shape index (κ3) is 1.50. The van der Waals surface area contributed by atoms with E-state index >= 15 is 0 Å². The van der Waals surface area contributed by atoms with Crippen LogP contribution in [0, 0.1) is 12.3 Å². The van der Waals surface area contributed by atoms with Crippen molar-refractivity contribution < 1.29 is 5.11 Å². The lowest BCUT2D eigenvalue weighted by molar-refractivity contribution is 0.132. The molecular formula is C13H12N2O. The Bertz CT molecular complexity index is 524. The topological polar surface area (TPSA) is 38.1 Å². The Morgan fingerprint density at radius 1 is 1.38 bits per heavy atom. The standard InChI is InChI=1S/C13H12N2O/c1-3-13(16,11-7-5-4-6-8-11)12-14-9-10-15(12)2/h1,4-10,16H,2H3/t13-/m1/s1. The van der Waals surface area contributed by atoms with Crippen LogP contribution in [0.3, 0.4) is 0 Å². The van der Waals surface area contributed by atoms with Gasteiger partial charge in [-0.1, -0.05) is 36.3 Å². The molecule has 1 atom stereocenters. The van der Waals surface area contributed by atoms with Gasteiger partial charge in [0.25, 0.3) is 0 Å². The van der Waals surface area contributed by atoms with Crippen LogP contribution >= 0.6 is 0 Å². The summed E-state index contributed by atoms with van der Waals surface area (Å²) in [6.07, 6.45) is 8.81. The highest BCUT2D eigenvalue weighted by atomic mass is 16.3. The molecule has 1 N–H and O–H groups in total. The summed E-state index contributed by atoms with van der Waals surface area (Å²) in [5.74, 6) is 2.86. The molecule has 1 aromatic heterocycles. The molecule has 0 saturated carbocycles. The lowest BCUT2D eigenvalue weighted by atomic mass is 9.94. The molecule has 0 unspecified atom stereocenters. The second kappa shape index (κ2) is 3.84. The molecule has 0 aliphatic rings. The van der Waals surface area contributed by atoms with Gasteiger partial charge in [-0.3, -0.25) is 0 Å². The van der Waals surface area contributed by atoms with Crippen molar-refractivity contribution in [1.29, 1.82) is 0 Å². The summed E-state index contributed by atoms with van der Waals surface area (Å²) in [5.41, 5.74) is -0.828. The zero-order chi connectivity index (χ0) is 11.6. The summed E-state index contributed by atoms with van der Waals surface area (Å²) < 4.78 is 1.72. The summed E-state index contributed by atoms with van der Waals surface area (Å²) in [7, 11) is 1.80. The van der Waals surface area contributed by atoms with Gasteiger partial charge in [0.2, 0.25) is 5.60 Å². The Morgan fingerprint density at radius 3 is 2.56 bits per heavy atom. The maximum absolute atomic E-state index is 10.5. The van der Waals surface area contributed by atoms with Crippen LogP contribution < -0.4 is 0 Å². The minimum atomic E-state index is -1.47. The van der Waals surface area contributed by atoms with Crippen molar-refractivity contribution in [2.75, 3.05) is 0 Å². The number of imidazole rings is 1. The quantitative estimate of drug-likeness (QED) is 0.762. The third-order valence-corrected chi connectivity index (χ3v) is 2.55. The highest BCUT2D eigenvalue weighted by Crippen LogP contribution is 2.26. The first kappa shape index (κ1) is 10.5. The third-order valence-electron chi connectivity index (χ3n) is 2.55. The minimum absolute atomic E-state index is 0.446. The van der Waals surface area contributed by atoms with Crippen LogP contribution in [0.4, 0.5) is 0 Å². The van der Waals surface area contributed by atoms with Gasteiger partial charge in [-0.05, 0) is 0 Å². The summed E-state index contributed by atoms with van der Waals surface area (Å²) in [4.78, 5) is 4.11. The second-order valence-corrected chi connectivity index (χ2v) is 3.58. The average molecular weight is 212 g/mol. The van der Waals surface area contributed by atoms with Crippen molar-refractivity contribution in [3.8, 4) is 12.3 Å². The number of terminal acetylenes is 1. The van der Waals surface area contributed by atoms with E-state index < -0.39 is 5.60 Å². The molecule has 3 heteroatoms. The number of rotatable bonds is 2. The van der Waals surface area contributed by atoms with E-state index in [1.54, 1.807) is 36.1 Å². The molecule has 0 bridgehead atoms. The molecule has 0 amide bonds. The fourth-order valence-corrected chi connectivity index (χ4v) is 1.67. The van der Waals surface area contributed by atoms with E-state index in [1.807, 2.05) is 18.2 Å². The van der Waals surface area contributed by atoms with Crippen molar-refractivity contribution in [2.45, 2.75) is 5.60 Å². The van der Waals surface area contributed by atoms with E-state index in [9.17, 15) is 5.11 Å². The largest absolute Gasteiger partial charge is 0.367 e. The van der Waals surface area contributed by atoms with E-state index in [2.05, 4.69) is 10.9 Å². The van der Waals surface area contributed by atoms with Crippen LogP contribution in [-0.4, -0.2) is 14.7 Å². The van der Waals surface area contributed by atoms with Crippen LogP contribution in [0.5, 0.6) is 0 Å². The first-order valence-electron chi connectivity index (χ1n) is 4.92. The van der Waals surface area contributed by atoms with Crippen LogP contribution in [0.15, 0.2) is 42.7 Å². The molecule has 0 aliphatic heterocycles. The van der Waals surface area contributed by atoms with Gasteiger partial charge in [-0.15, -0.1) is 6.42 Å². The van der Waals surface area contributed by atoms with Crippen LogP contribution in [0.1, 0.15) is 11.4 Å². The van der Waals surface area contributed by atoms with Gasteiger partial charge in [0, 0.05) is 25.0 Å². The molecular weight excluding hydrogens is 200 g/mol. The maximum atomic E-state index is 10.5. The van der Waals surface area contributed by atoms with E-state index in [0.29, 0.717) is 11.4 Å². The van der Waals surface area contributed by atoms with Crippen molar-refractivity contribution in [1.82, 2.24) is 9.55 Å². The normalized spacial score (nSPS) is 14.1. The summed E-state index contributed by atoms with van der Waals surface area (Å²) in [6.45, 7) is 0. The highest BCUT2D eigenvalue weighted by Gasteiger charge is 2.32. The maximum Gasteiger partial charge on any atom is 0.209 e. The van der Waals surface area contributed by atoms with E-state index in [4.69, 9.17) is 6.42 Å². The van der Waals surface area contributed by atoms with Gasteiger partial charge in [-0.2, -0.15) is 0 Å². The van der Waals surface area contributed by atoms with E-state index in [1.165, 1.54) is 0 Å². The fourth-order valence-electron chi connectivity index (χ4n) is 1.67. The lowest BCUT2D eigenvalue weighted by Gasteiger charge is -2.21. The number of hydrogen-bond donors (Lipinski definition) is 1. The minimum Gasteiger partial charge on any atom is -0.367 e. The zero-order valence-corrected chi connectivity index (χ0v) is 8.96. The summed E-state index contributed by atoms with van der Waals surface area (Å²) in [6, 6.07) is 9.11. The fraction of sp³-hybridized carbons (Fsp3) is 0.154. The molecule has 80 valence electrons. The Labute approximate surface area is 94.4 Å². The average Bonchev–Trinajstić information content (AvgIpc) is 2.76. The van der Waals surface area contributed by atoms with Gasteiger partial charge in [-0.25, -0.2) is 4.98 Å².